The summed E-state index contributed by atoms with van der Waals surface area (Å²) in [7, 11) is 0. The second-order valence-electron chi connectivity index (χ2n) is 4.38. The molecule has 1 radical (unpaired) electrons. The van der Waals surface area contributed by atoms with Crippen LogP contribution in [0.25, 0.3) is 0 Å². The standard InChI is InChI=1S/C7H8O.C5H12O2.CH3.Ru/c8-6-7-4-2-1-3-5-7;1-5(2,3)4(6)7;;/h1-5,8H,6H2;4,6-7H,1-3H3;1H3;/q;;-1;+1. The molecule has 4 heteroatoms. The summed E-state index contributed by atoms with van der Waals surface area (Å²) < 4.78 is 0. The Labute approximate surface area is 117 Å². The van der Waals surface area contributed by atoms with Gasteiger partial charge in [-0.25, -0.2) is 0 Å². The maximum Gasteiger partial charge on any atom is 1.00 e. The third-order valence-electron chi connectivity index (χ3n) is 1.80. The van der Waals surface area contributed by atoms with Crippen LogP contribution in [0.2, 0.25) is 0 Å². The van der Waals surface area contributed by atoms with Gasteiger partial charge in [-0.2, -0.15) is 0 Å². The molecule has 0 saturated heterocycles. The summed E-state index contributed by atoms with van der Waals surface area (Å²) in [5.74, 6) is 0. The van der Waals surface area contributed by atoms with Gasteiger partial charge in [0.2, 0.25) is 0 Å². The van der Waals surface area contributed by atoms with Gasteiger partial charge in [0, 0.05) is 5.41 Å². The molecule has 0 amide bonds. The molecule has 101 valence electrons. The quantitative estimate of drug-likeness (QED) is 0.420. The van der Waals surface area contributed by atoms with E-state index in [2.05, 4.69) is 0 Å². The van der Waals surface area contributed by atoms with Crippen LogP contribution in [0.4, 0.5) is 0 Å². The molecular formula is C13H23O3Ru. The zero-order valence-corrected chi connectivity index (χ0v) is 12.6. The van der Waals surface area contributed by atoms with Crippen molar-refractivity contribution < 1.29 is 34.8 Å². The first-order chi connectivity index (χ1) is 6.88. The van der Waals surface area contributed by atoms with E-state index in [1.165, 1.54) is 0 Å². The van der Waals surface area contributed by atoms with Gasteiger partial charge >= 0.3 is 19.5 Å². The van der Waals surface area contributed by atoms with E-state index in [0.29, 0.717) is 0 Å². The van der Waals surface area contributed by atoms with Crippen molar-refractivity contribution in [2.75, 3.05) is 0 Å². The van der Waals surface area contributed by atoms with Gasteiger partial charge in [0.05, 0.1) is 6.61 Å². The van der Waals surface area contributed by atoms with Crippen molar-refractivity contribution in [2.45, 2.75) is 33.7 Å². The van der Waals surface area contributed by atoms with E-state index >= 15 is 0 Å². The van der Waals surface area contributed by atoms with Crippen molar-refractivity contribution in [3.63, 3.8) is 0 Å². The monoisotopic (exact) mass is 329 g/mol. The topological polar surface area (TPSA) is 60.7 Å². The molecule has 0 aliphatic heterocycles. The van der Waals surface area contributed by atoms with Crippen molar-refractivity contribution in [1.29, 1.82) is 0 Å². The summed E-state index contributed by atoms with van der Waals surface area (Å²) in [6.45, 7) is 5.42. The fourth-order valence-corrected chi connectivity index (χ4v) is 0.583. The van der Waals surface area contributed by atoms with Crippen molar-refractivity contribution in [3.8, 4) is 0 Å². The molecule has 0 aromatic heterocycles. The first kappa shape index (κ1) is 22.0. The minimum atomic E-state index is -1.20. The minimum absolute atomic E-state index is 0. The Morgan fingerprint density at radius 2 is 1.41 bits per heavy atom. The van der Waals surface area contributed by atoms with E-state index in [0.717, 1.165) is 5.56 Å². The summed E-state index contributed by atoms with van der Waals surface area (Å²) in [6.07, 6.45) is -1.20. The van der Waals surface area contributed by atoms with Crippen molar-refractivity contribution in [3.05, 3.63) is 43.3 Å². The number of hydrogen-bond donors (Lipinski definition) is 3. The summed E-state index contributed by atoms with van der Waals surface area (Å²) >= 11 is 0. The normalized spacial score (nSPS) is 9.59. The average molecular weight is 328 g/mol. The van der Waals surface area contributed by atoms with Crippen LogP contribution in [0, 0.1) is 12.8 Å². The first-order valence-corrected chi connectivity index (χ1v) is 4.89. The Hall–Kier alpha value is -0.277. The summed E-state index contributed by atoms with van der Waals surface area (Å²) in [5.41, 5.74) is 0.576. The van der Waals surface area contributed by atoms with E-state index in [1.807, 2.05) is 30.3 Å². The van der Waals surface area contributed by atoms with Crippen LogP contribution in [0.3, 0.4) is 0 Å². The molecule has 0 spiro atoms. The van der Waals surface area contributed by atoms with Crippen molar-refractivity contribution in [2.24, 2.45) is 5.41 Å². The zero-order valence-electron chi connectivity index (χ0n) is 10.9. The van der Waals surface area contributed by atoms with Gasteiger partial charge < -0.3 is 22.7 Å². The average Bonchev–Trinajstić information content (AvgIpc) is 2.18. The smallest absolute Gasteiger partial charge is 0.392 e. The number of aliphatic hydroxyl groups excluding tert-OH is 2. The fourth-order valence-electron chi connectivity index (χ4n) is 0.583. The van der Waals surface area contributed by atoms with E-state index in [9.17, 15) is 0 Å². The molecule has 0 saturated carbocycles. The predicted molar refractivity (Wildman–Crippen MR) is 66.5 cm³/mol. The maximum absolute atomic E-state index is 8.54. The van der Waals surface area contributed by atoms with E-state index in [1.54, 1.807) is 20.8 Å². The molecule has 1 rings (SSSR count). The first-order valence-electron chi connectivity index (χ1n) is 4.89. The molecule has 0 aliphatic carbocycles. The van der Waals surface area contributed by atoms with Crippen molar-refractivity contribution >= 4 is 0 Å². The molecule has 1 aromatic carbocycles. The Morgan fingerprint density at radius 1 is 1.06 bits per heavy atom. The zero-order chi connectivity index (χ0) is 11.9. The SMILES string of the molecule is CC(C)(C)C(O)O.OCc1ccccc1.[CH3-].[Ru+]. The largest absolute Gasteiger partial charge is 1.00 e. The van der Waals surface area contributed by atoms with Gasteiger partial charge in [-0.15, -0.1) is 0 Å². The Balaban J connectivity index is -0.000000208. The molecule has 3 N–H and O–H groups in total. The Morgan fingerprint density at radius 3 is 1.59 bits per heavy atom. The van der Waals surface area contributed by atoms with Crippen LogP contribution >= 0.6 is 0 Å². The van der Waals surface area contributed by atoms with Gasteiger partial charge in [0.15, 0.2) is 6.29 Å². The van der Waals surface area contributed by atoms with Crippen molar-refractivity contribution in [1.82, 2.24) is 0 Å². The van der Waals surface area contributed by atoms with E-state index in [4.69, 9.17) is 15.3 Å². The third-order valence-corrected chi connectivity index (χ3v) is 1.80. The van der Waals surface area contributed by atoms with Crippen LogP contribution in [0.1, 0.15) is 26.3 Å². The Kier molecular flexibility index (Phi) is 14.0. The molecule has 3 nitrogen and oxygen atoms in total. The summed E-state index contributed by atoms with van der Waals surface area (Å²) in [4.78, 5) is 0. The maximum atomic E-state index is 8.54. The molecule has 0 atom stereocenters. The van der Waals surface area contributed by atoms with Crippen LogP contribution < -0.4 is 0 Å². The van der Waals surface area contributed by atoms with E-state index < -0.39 is 6.29 Å². The second-order valence-corrected chi connectivity index (χ2v) is 4.38. The van der Waals surface area contributed by atoms with Gasteiger partial charge in [-0.1, -0.05) is 51.1 Å². The number of aliphatic hydroxyl groups is 3. The molecule has 0 unspecified atom stereocenters. The molecule has 0 aliphatic rings. The third kappa shape index (κ3) is 12.0. The molecule has 0 fully saturated rings. The number of rotatable bonds is 1. The molecule has 1 aromatic rings. The van der Waals surface area contributed by atoms with E-state index in [-0.39, 0.29) is 38.9 Å². The van der Waals surface area contributed by atoms with Gasteiger partial charge in [-0.05, 0) is 5.56 Å². The summed E-state index contributed by atoms with van der Waals surface area (Å²) in [6, 6.07) is 9.52. The van der Waals surface area contributed by atoms with Crippen LogP contribution in [0.5, 0.6) is 0 Å². The Bertz CT molecular complexity index is 255. The van der Waals surface area contributed by atoms with Gasteiger partial charge in [-0.3, -0.25) is 0 Å². The van der Waals surface area contributed by atoms with Gasteiger partial charge in [0.25, 0.3) is 0 Å². The minimum Gasteiger partial charge on any atom is -0.392 e. The van der Waals surface area contributed by atoms with Gasteiger partial charge in [0.1, 0.15) is 0 Å². The fraction of sp³-hybridized carbons (Fsp3) is 0.462. The predicted octanol–water partition coefficient (Wildman–Crippen LogP) is 1.97. The number of benzene rings is 1. The molecule has 0 bridgehead atoms. The molecule has 0 heterocycles. The number of hydrogen-bond acceptors (Lipinski definition) is 3. The van der Waals surface area contributed by atoms with Crippen LogP contribution in [-0.2, 0) is 26.1 Å². The summed E-state index contributed by atoms with van der Waals surface area (Å²) in [5, 5.41) is 25.4. The molecule has 17 heavy (non-hydrogen) atoms. The second kappa shape index (κ2) is 10.9. The van der Waals surface area contributed by atoms with Crippen LogP contribution in [-0.4, -0.2) is 21.6 Å². The van der Waals surface area contributed by atoms with Crippen LogP contribution in [0.15, 0.2) is 30.3 Å². The molecular weight excluding hydrogens is 305 g/mol.